The lowest BCUT2D eigenvalue weighted by Crippen LogP contribution is -1.81. The topological polar surface area (TPSA) is 28.7 Å². The number of nitrogens with one attached hydrogen (secondary N) is 1. The van der Waals surface area contributed by atoms with E-state index in [0.29, 0.717) is 0 Å². The van der Waals surface area contributed by atoms with Crippen LogP contribution in [0.15, 0.2) is 67.0 Å². The first-order chi connectivity index (χ1) is 9.42. The minimum absolute atomic E-state index is 1.13. The normalized spacial score (nSPS) is 11.2. The van der Waals surface area contributed by atoms with Crippen LogP contribution in [0.4, 0.5) is 0 Å². The van der Waals surface area contributed by atoms with Crippen LogP contribution in [0.2, 0.25) is 0 Å². The molecule has 1 N–H and O–H groups in total. The zero-order valence-electron chi connectivity index (χ0n) is 10.3. The Morgan fingerprint density at radius 1 is 0.789 bits per heavy atom. The third-order valence-corrected chi connectivity index (χ3v) is 3.56. The highest BCUT2D eigenvalue weighted by Crippen LogP contribution is 2.31. The average Bonchev–Trinajstić information content (AvgIpc) is 2.98. The van der Waals surface area contributed by atoms with Gasteiger partial charge >= 0.3 is 0 Å². The zero-order chi connectivity index (χ0) is 12.7. The first-order valence-corrected chi connectivity index (χ1v) is 6.32. The molecule has 3 aromatic carbocycles. The van der Waals surface area contributed by atoms with Crippen LogP contribution in [0.1, 0.15) is 0 Å². The summed E-state index contributed by atoms with van der Waals surface area (Å²) in [4.78, 5) is 0. The Balaban J connectivity index is 2.12. The predicted molar refractivity (Wildman–Crippen MR) is 79.0 cm³/mol. The van der Waals surface area contributed by atoms with Crippen molar-refractivity contribution in [2.24, 2.45) is 0 Å². The van der Waals surface area contributed by atoms with E-state index in [1.165, 1.54) is 27.1 Å². The second-order valence-corrected chi connectivity index (χ2v) is 4.71. The molecular weight excluding hydrogens is 232 g/mol. The molecule has 0 radical (unpaired) electrons. The second kappa shape index (κ2) is 3.95. The number of hydrogen-bond donors (Lipinski definition) is 1. The third-order valence-electron chi connectivity index (χ3n) is 3.56. The Labute approximate surface area is 110 Å². The fourth-order valence-electron chi connectivity index (χ4n) is 2.62. The summed E-state index contributed by atoms with van der Waals surface area (Å²) < 4.78 is 0. The van der Waals surface area contributed by atoms with Gasteiger partial charge in [-0.05, 0) is 39.2 Å². The van der Waals surface area contributed by atoms with Crippen molar-refractivity contribution in [3.8, 4) is 11.1 Å². The van der Waals surface area contributed by atoms with Gasteiger partial charge in [0, 0.05) is 11.8 Å². The first-order valence-electron chi connectivity index (χ1n) is 6.32. The average molecular weight is 244 g/mol. The molecule has 0 bridgehead atoms. The fraction of sp³-hybridized carbons (Fsp3) is 0. The summed E-state index contributed by atoms with van der Waals surface area (Å²) in [7, 11) is 0. The van der Waals surface area contributed by atoms with Gasteiger partial charge in [-0.25, -0.2) is 0 Å². The Morgan fingerprint density at radius 3 is 2.37 bits per heavy atom. The van der Waals surface area contributed by atoms with Crippen molar-refractivity contribution in [1.29, 1.82) is 0 Å². The van der Waals surface area contributed by atoms with Gasteiger partial charge in [-0.3, -0.25) is 5.10 Å². The van der Waals surface area contributed by atoms with Gasteiger partial charge in [-0.15, -0.1) is 0 Å². The van der Waals surface area contributed by atoms with Gasteiger partial charge < -0.3 is 0 Å². The van der Waals surface area contributed by atoms with Gasteiger partial charge in [0.15, 0.2) is 0 Å². The maximum absolute atomic E-state index is 4.04. The number of nitrogens with zero attached hydrogens (tertiary/aromatic N) is 1. The number of hydrogen-bond acceptors (Lipinski definition) is 1. The summed E-state index contributed by atoms with van der Waals surface area (Å²) in [5.41, 5.74) is 2.35. The van der Waals surface area contributed by atoms with E-state index >= 15 is 0 Å². The van der Waals surface area contributed by atoms with Crippen LogP contribution >= 0.6 is 0 Å². The highest BCUT2D eigenvalue weighted by molar-refractivity contribution is 6.04. The van der Waals surface area contributed by atoms with Crippen molar-refractivity contribution >= 4 is 21.5 Å². The molecule has 4 rings (SSSR count). The number of aromatic nitrogens is 2. The van der Waals surface area contributed by atoms with Crippen molar-refractivity contribution < 1.29 is 0 Å². The maximum Gasteiger partial charge on any atom is 0.0565 e. The summed E-state index contributed by atoms with van der Waals surface area (Å²) in [6.45, 7) is 0. The molecule has 2 heteroatoms. The van der Waals surface area contributed by atoms with Crippen molar-refractivity contribution in [2.75, 3.05) is 0 Å². The lowest BCUT2D eigenvalue weighted by molar-refractivity contribution is 1.09. The molecule has 0 aliphatic heterocycles. The molecule has 0 amide bonds. The highest BCUT2D eigenvalue weighted by atomic mass is 15.1. The Hall–Kier alpha value is -2.61. The monoisotopic (exact) mass is 244 g/mol. The molecule has 0 spiro atoms. The van der Waals surface area contributed by atoms with E-state index in [2.05, 4.69) is 64.8 Å². The van der Waals surface area contributed by atoms with Gasteiger partial charge in [0.2, 0.25) is 0 Å². The van der Waals surface area contributed by atoms with Gasteiger partial charge in [0.05, 0.1) is 6.20 Å². The summed E-state index contributed by atoms with van der Waals surface area (Å²) in [5, 5.41) is 12.0. The minimum Gasteiger partial charge on any atom is -0.285 e. The molecule has 2 nitrogen and oxygen atoms in total. The molecule has 0 saturated carbocycles. The largest absolute Gasteiger partial charge is 0.285 e. The number of H-pyrrole nitrogens is 1. The van der Waals surface area contributed by atoms with E-state index in [-0.39, 0.29) is 0 Å². The van der Waals surface area contributed by atoms with Gasteiger partial charge in [0.25, 0.3) is 0 Å². The molecule has 1 aromatic heterocycles. The van der Waals surface area contributed by atoms with E-state index < -0.39 is 0 Å². The highest BCUT2D eigenvalue weighted by Gasteiger charge is 2.05. The van der Waals surface area contributed by atoms with Crippen LogP contribution in [0, 0.1) is 0 Å². The molecule has 19 heavy (non-hydrogen) atoms. The molecule has 4 aromatic rings. The lowest BCUT2D eigenvalue weighted by Gasteiger charge is -2.06. The Kier molecular flexibility index (Phi) is 2.15. The van der Waals surface area contributed by atoms with E-state index in [4.69, 9.17) is 0 Å². The number of rotatable bonds is 1. The van der Waals surface area contributed by atoms with Crippen molar-refractivity contribution in [1.82, 2.24) is 10.2 Å². The first kappa shape index (κ1) is 10.3. The van der Waals surface area contributed by atoms with E-state index in [1.807, 2.05) is 12.4 Å². The zero-order valence-corrected chi connectivity index (χ0v) is 10.3. The molecule has 0 aliphatic rings. The van der Waals surface area contributed by atoms with Crippen molar-refractivity contribution in [3.05, 3.63) is 67.0 Å². The molecule has 0 atom stereocenters. The molecule has 0 unspecified atom stereocenters. The van der Waals surface area contributed by atoms with E-state index in [1.54, 1.807) is 0 Å². The quantitative estimate of drug-likeness (QED) is 0.494. The smallest absolute Gasteiger partial charge is 0.0565 e. The van der Waals surface area contributed by atoms with Crippen LogP contribution in [0.3, 0.4) is 0 Å². The second-order valence-electron chi connectivity index (χ2n) is 4.71. The van der Waals surface area contributed by atoms with Crippen LogP contribution in [-0.4, -0.2) is 10.2 Å². The van der Waals surface area contributed by atoms with E-state index in [0.717, 1.165) is 5.56 Å². The summed E-state index contributed by atoms with van der Waals surface area (Å²) in [6, 6.07) is 19.4. The molecule has 0 fully saturated rings. The van der Waals surface area contributed by atoms with Crippen LogP contribution in [0.25, 0.3) is 32.7 Å². The summed E-state index contributed by atoms with van der Waals surface area (Å²) in [5.74, 6) is 0. The van der Waals surface area contributed by atoms with Crippen LogP contribution in [-0.2, 0) is 0 Å². The summed E-state index contributed by atoms with van der Waals surface area (Å²) >= 11 is 0. The predicted octanol–water partition coefficient (Wildman–Crippen LogP) is 4.38. The van der Waals surface area contributed by atoms with Crippen molar-refractivity contribution in [3.63, 3.8) is 0 Å². The maximum atomic E-state index is 4.04. The van der Waals surface area contributed by atoms with Crippen molar-refractivity contribution in [2.45, 2.75) is 0 Å². The fourth-order valence-corrected chi connectivity index (χ4v) is 2.62. The molecule has 0 aliphatic carbocycles. The van der Waals surface area contributed by atoms with Gasteiger partial charge in [-0.1, -0.05) is 42.5 Å². The molecule has 90 valence electrons. The number of fused-ring (bicyclic) bond motifs is 2. The third kappa shape index (κ3) is 1.61. The lowest BCUT2D eigenvalue weighted by atomic mass is 9.97. The van der Waals surface area contributed by atoms with Gasteiger partial charge in [-0.2, -0.15) is 5.10 Å². The van der Waals surface area contributed by atoms with Crippen LogP contribution in [0.5, 0.6) is 0 Å². The van der Waals surface area contributed by atoms with Crippen LogP contribution < -0.4 is 0 Å². The van der Waals surface area contributed by atoms with Gasteiger partial charge in [0.1, 0.15) is 0 Å². The molecule has 0 saturated heterocycles. The van der Waals surface area contributed by atoms with E-state index in [9.17, 15) is 0 Å². The number of benzene rings is 3. The Morgan fingerprint density at radius 2 is 1.58 bits per heavy atom. The summed E-state index contributed by atoms with van der Waals surface area (Å²) in [6.07, 6.45) is 3.80. The molecule has 1 heterocycles. The standard InChI is InChI=1S/C17H12N2/c1-2-5-13-9-17-14(8-12(13)4-1)6-3-7-16(17)15-10-18-19-11-15/h1-11H,(H,18,19). The Bertz CT molecular complexity index is 861. The number of aromatic amines is 1. The SMILES string of the molecule is c1ccc2cc3c(-c4cn[nH]c4)cccc3cc2c1. The molecular formula is C17H12N2. The minimum atomic E-state index is 1.13.